The molecule has 34 heteroatoms. The number of ketones is 3. The highest BCUT2D eigenvalue weighted by Gasteiger charge is 2.54. The minimum atomic E-state index is -1.48. The molecule has 12 rings (SSSR count). The van der Waals surface area contributed by atoms with Gasteiger partial charge in [-0.3, -0.25) is 52.7 Å². The van der Waals surface area contributed by atoms with Crippen molar-refractivity contribution in [2.75, 3.05) is 51.6 Å². The van der Waals surface area contributed by atoms with Crippen LogP contribution in [0.3, 0.4) is 0 Å². The van der Waals surface area contributed by atoms with E-state index < -0.39 is 101 Å². The van der Waals surface area contributed by atoms with E-state index in [-0.39, 0.29) is 175 Å². The van der Waals surface area contributed by atoms with E-state index in [0.29, 0.717) is 71.7 Å². The summed E-state index contributed by atoms with van der Waals surface area (Å²) in [5, 5.41) is 71.8. The van der Waals surface area contributed by atoms with Crippen molar-refractivity contribution in [2.45, 2.75) is 192 Å². The first-order valence-electron chi connectivity index (χ1n) is 45.0. The normalized spacial score (nSPS) is 15.3. The predicted molar refractivity (Wildman–Crippen MR) is 506 cm³/mol. The number of nitrogens with two attached hydrogens (primary N) is 1. The second kappa shape index (κ2) is 46.8. The Kier molecular flexibility index (Phi) is 35.0. The molecule has 33 nitrogen and oxygen atoms in total. The molecule has 0 aromatic heterocycles. The van der Waals surface area contributed by atoms with Crippen molar-refractivity contribution in [3.63, 3.8) is 0 Å². The molecule has 1 spiro atoms. The summed E-state index contributed by atoms with van der Waals surface area (Å²) in [5.41, 5.74) is 11.4. The van der Waals surface area contributed by atoms with Gasteiger partial charge in [0.25, 0.3) is 0 Å². The van der Waals surface area contributed by atoms with Crippen molar-refractivity contribution in [3.05, 3.63) is 218 Å². The molecule has 4 aliphatic rings. The summed E-state index contributed by atoms with van der Waals surface area (Å²) < 4.78 is 29.3. The second-order valence-electron chi connectivity index (χ2n) is 34.8. The average Bonchev–Trinajstić information content (AvgIpc) is 1.56. The lowest BCUT2D eigenvalue weighted by Crippen LogP contribution is -2.55. The fourth-order valence-electron chi connectivity index (χ4n) is 17.6. The van der Waals surface area contributed by atoms with Crippen molar-refractivity contribution in [2.24, 2.45) is 23.5 Å². The van der Waals surface area contributed by atoms with Crippen LogP contribution >= 0.6 is 12.2 Å². The number of phenols is 4. The molecule has 0 radical (unpaired) electrons. The zero-order valence-electron chi connectivity index (χ0n) is 76.6. The zero-order chi connectivity index (χ0) is 97.5. The molecule has 0 unspecified atom stereocenters. The van der Waals surface area contributed by atoms with E-state index in [1.807, 2.05) is 63.2 Å². The molecule has 8 amide bonds. The first-order chi connectivity index (χ1) is 64.5. The number of esters is 1. The molecule has 0 saturated carbocycles. The largest absolute Gasteiger partial charge is 0.508 e. The molecular weight excluding hydrogens is 1750 g/mol. The summed E-state index contributed by atoms with van der Waals surface area (Å²) in [6.07, 6.45) is 2.47. The quantitative estimate of drug-likeness (QED) is 0.00961. The fourth-order valence-corrected chi connectivity index (χ4v) is 17.8. The number of carboxylic acid groups (broad SMARTS) is 1. The molecule has 1 fully saturated rings. The van der Waals surface area contributed by atoms with Crippen LogP contribution in [-0.4, -0.2) is 177 Å². The van der Waals surface area contributed by atoms with Gasteiger partial charge in [-0.1, -0.05) is 94.4 Å². The number of Topliss-reactive ketones (excluding diaryl/α,β-unsaturated/α-hetero) is 3. The van der Waals surface area contributed by atoms with Gasteiger partial charge in [0.1, 0.15) is 46.6 Å². The Bertz CT molecular complexity index is 5750. The molecule has 3 heterocycles. The van der Waals surface area contributed by atoms with Crippen LogP contribution in [0.5, 0.6) is 51.7 Å². The summed E-state index contributed by atoms with van der Waals surface area (Å²) >= 11 is 5.51. The number of urea groups is 1. The van der Waals surface area contributed by atoms with Crippen LogP contribution in [0.25, 0.3) is 11.1 Å². The maximum Gasteiger partial charge on any atom is 0.340 e. The third-order valence-corrected chi connectivity index (χ3v) is 24.5. The number of likely N-dealkylation sites (tertiary alicyclic amines) is 1. The number of methoxy groups -OCH3 is 3. The van der Waals surface area contributed by atoms with Gasteiger partial charge >= 0.3 is 18.0 Å². The number of phenolic OH excluding ortho intramolecular Hbond substituents is 4. The number of carbonyl (C=O) groups is 12. The Morgan fingerprint density at radius 3 is 1.84 bits per heavy atom. The van der Waals surface area contributed by atoms with Crippen LogP contribution in [0.2, 0.25) is 0 Å². The minimum Gasteiger partial charge on any atom is -0.508 e. The molecular formula is C101H116N10O23S. The molecule has 0 bridgehead atoms. The number of thiocarbonyl (C=S) groups is 1. The summed E-state index contributed by atoms with van der Waals surface area (Å²) in [6, 6.07) is 37.1. The molecule has 135 heavy (non-hydrogen) atoms. The number of anilines is 2. The number of primary amides is 1. The van der Waals surface area contributed by atoms with Gasteiger partial charge in [-0.15, -0.1) is 0 Å². The Balaban J connectivity index is 0.000000307. The molecule has 15 N–H and O–H groups in total. The number of nitrogens with one attached hydrogen (secondary N) is 8. The molecule has 8 atom stereocenters. The molecule has 8 aromatic carbocycles. The van der Waals surface area contributed by atoms with Crippen LogP contribution < -0.4 is 72.6 Å². The Morgan fingerprint density at radius 2 is 1.21 bits per heavy atom. The van der Waals surface area contributed by atoms with Crippen LogP contribution in [-0.2, 0) is 84.0 Å². The number of carbonyl (C=O) groups excluding carboxylic acids is 11. The lowest BCUT2D eigenvalue weighted by atomic mass is 9.77. The van der Waals surface area contributed by atoms with E-state index in [0.717, 1.165) is 51.8 Å². The highest BCUT2D eigenvalue weighted by atomic mass is 32.1. The summed E-state index contributed by atoms with van der Waals surface area (Å²) in [7, 11) is 4.68. The number of carboxylic acids is 1. The van der Waals surface area contributed by atoms with Crippen molar-refractivity contribution in [3.8, 4) is 62.9 Å². The van der Waals surface area contributed by atoms with Crippen LogP contribution in [0.4, 0.5) is 16.2 Å². The molecule has 1 saturated heterocycles. The summed E-state index contributed by atoms with van der Waals surface area (Å²) in [6.45, 7) is 9.33. The maximum absolute atomic E-state index is 14.3. The summed E-state index contributed by atoms with van der Waals surface area (Å²) in [4.78, 5) is 175. The Labute approximate surface area is 786 Å². The van der Waals surface area contributed by atoms with Crippen molar-refractivity contribution in [1.29, 1.82) is 0 Å². The molecule has 3 aliphatic heterocycles. The van der Waals surface area contributed by atoms with Gasteiger partial charge in [0.15, 0.2) is 39.6 Å². The lowest BCUT2D eigenvalue weighted by Gasteiger charge is -2.36. The second-order valence-corrected chi connectivity index (χ2v) is 35.2. The van der Waals surface area contributed by atoms with Gasteiger partial charge in [0.2, 0.25) is 46.6 Å². The average molecular weight is 1870 g/mol. The van der Waals surface area contributed by atoms with E-state index in [1.54, 1.807) is 94.1 Å². The molecule has 714 valence electrons. The number of rotatable bonds is 41. The van der Waals surface area contributed by atoms with Crippen molar-refractivity contribution in [1.82, 2.24) is 36.8 Å². The highest BCUT2D eigenvalue weighted by Crippen LogP contribution is 2.58. The smallest absolute Gasteiger partial charge is 0.340 e. The standard InChI is InChI=1S/C63H70N8O15S.C38H46N2O8/c1-36(31-38-11-15-40(72)16-12-38)32-52(76)48(22-13-37-7-3-2-4-8-37)68-55(77)25-24-51(75)47(9-5-28-65-61(64)84)70-58(81)50-10-6-30-71(50)59(82)49(23-26-57(79)80)69-56(78)27-29-66-62(87)67-39-14-19-44-43(33-39)60(83)86-63(44)45-20-17-41(73)34-53(45)85-54-35-42(74)18-21-46(54)63;1-21(2)16-31(39-23(4)41)32(43)18-26(17-24-9-12-27(42)13-10-24)38(45)40-30-15-14-28-29(20-33(30)44)22(3)8-11-25-19-34(46-5)36(47-6)37(48-7)35(25)28/h2-4,7-8,11-12,14-21,33-36,47-50,72-74H,5-6,9-10,13,22-32H2,1H3,(H,68,77)(H,69,78)(H,70,81)(H,79,80)(H3,64,65,84)(H2,66,67,87);9-10,12-15,19-22,26,31,42H,8,11,16-18H2,1-7H3,(H,39,41)(H,40,44,45)/t36-,47+,48+,49+,50+;22-,26+,31-/m10/s1. The van der Waals surface area contributed by atoms with Crippen molar-refractivity contribution < 1.29 is 107 Å². The number of nitrogens with zero attached hydrogens (tertiary/aromatic N) is 1. The van der Waals surface area contributed by atoms with Gasteiger partial charge in [-0.05, 0) is 219 Å². The van der Waals surface area contributed by atoms with Gasteiger partial charge in [-0.2, -0.15) is 0 Å². The van der Waals surface area contributed by atoms with E-state index in [1.165, 1.54) is 54.3 Å². The Morgan fingerprint density at radius 1 is 0.585 bits per heavy atom. The van der Waals surface area contributed by atoms with E-state index in [4.69, 9.17) is 41.6 Å². The third kappa shape index (κ3) is 26.5. The number of aromatic hydroxyl groups is 4. The third-order valence-electron chi connectivity index (χ3n) is 24.2. The van der Waals surface area contributed by atoms with Crippen LogP contribution in [0.1, 0.15) is 185 Å². The van der Waals surface area contributed by atoms with Crippen molar-refractivity contribution >= 4 is 99.5 Å². The van der Waals surface area contributed by atoms with E-state index in [2.05, 4.69) is 49.5 Å². The monoisotopic (exact) mass is 1870 g/mol. The topological polar surface area (TPSA) is 495 Å². The number of hydrogen-bond acceptors (Lipinski definition) is 23. The maximum atomic E-state index is 14.3. The summed E-state index contributed by atoms with van der Waals surface area (Å²) in [5.74, 6) is -5.19. The highest BCUT2D eigenvalue weighted by molar-refractivity contribution is 7.80. The van der Waals surface area contributed by atoms with Crippen LogP contribution in [0.15, 0.2) is 163 Å². The van der Waals surface area contributed by atoms with Gasteiger partial charge in [0, 0.05) is 111 Å². The number of amides is 8. The first-order valence-corrected chi connectivity index (χ1v) is 45.4. The minimum absolute atomic E-state index is 0.0128. The van der Waals surface area contributed by atoms with Gasteiger partial charge in [-0.25, -0.2) is 9.59 Å². The van der Waals surface area contributed by atoms with Gasteiger partial charge < -0.3 is 102 Å². The van der Waals surface area contributed by atoms with Crippen LogP contribution in [0, 0.1) is 17.8 Å². The number of benzene rings is 7. The molecule has 8 aromatic rings. The van der Waals surface area contributed by atoms with E-state index in [9.17, 15) is 87.9 Å². The molecule has 1 aliphatic carbocycles. The first kappa shape index (κ1) is 101. The SMILES string of the molecule is COc1cc2c(c(OC)c1OC)-c1ccc(NC(=O)[C@@H](CC(=O)[C@H](CC(C)C)NC(C)=O)Cc3ccc(O)cc3)c(=O)cc1[C@@H](C)CC2.C[C@@H](CC(=O)[C@H](CCc1ccccc1)NC(=O)CCC(=O)[C@H](CCCNC(N)=O)NC(=O)[C@@H]1CCCN1C(=O)[C@H](CCC(=O)O)NC(=O)CCNC(=S)Nc1ccc2c(c1)C(=O)OC21c2ccc(O)cc2Oc2cc(O)ccc21)Cc1ccc(O)cc1. The number of aliphatic carboxylic acids is 1. The number of ether oxygens (including phenoxy) is 5. The van der Waals surface area contributed by atoms with E-state index >= 15 is 0 Å². The predicted octanol–water partition coefficient (Wildman–Crippen LogP) is 11.4. The lowest BCUT2D eigenvalue weighted by molar-refractivity contribution is -0.143. The Hall–Kier alpha value is -14.4. The van der Waals surface area contributed by atoms with Gasteiger partial charge in [0.05, 0.1) is 50.7 Å². The number of hydrogen-bond donors (Lipinski definition) is 14. The number of fused-ring (bicyclic) bond motifs is 9. The zero-order valence-corrected chi connectivity index (χ0v) is 77.4. The number of aryl methyl sites for hydroxylation is 2. The fraction of sp³-hybridized carbons (Fsp3) is 0.386.